The van der Waals surface area contributed by atoms with Crippen molar-refractivity contribution in [3.63, 3.8) is 0 Å². The summed E-state index contributed by atoms with van der Waals surface area (Å²) >= 11 is 1.53. The van der Waals surface area contributed by atoms with E-state index in [4.69, 9.17) is 4.74 Å². The molecule has 0 saturated carbocycles. The molecule has 0 aliphatic heterocycles. The summed E-state index contributed by atoms with van der Waals surface area (Å²) in [7, 11) is 1.54. The van der Waals surface area contributed by atoms with Gasteiger partial charge in [-0.2, -0.15) is 0 Å². The molecule has 2 aromatic carbocycles. The summed E-state index contributed by atoms with van der Waals surface area (Å²) in [5.74, 6) is -0.624. The first-order valence-corrected chi connectivity index (χ1v) is 10.6. The number of hydrogen-bond donors (Lipinski definition) is 1. The minimum atomic E-state index is -1.01. The van der Waals surface area contributed by atoms with Gasteiger partial charge in [-0.05, 0) is 42.3 Å². The van der Waals surface area contributed by atoms with Gasteiger partial charge in [-0.15, -0.1) is 11.3 Å². The van der Waals surface area contributed by atoms with Crippen LogP contribution < -0.4 is 4.74 Å². The van der Waals surface area contributed by atoms with Gasteiger partial charge in [0.05, 0.1) is 28.4 Å². The average molecular weight is 430 g/mol. The first-order chi connectivity index (χ1) is 15.1. The number of ether oxygens (including phenoxy) is 1. The number of methoxy groups -OCH3 is 1. The molecular weight excluding hydrogens is 410 g/mol. The topological polar surface area (TPSA) is 77.2 Å². The first kappa shape index (κ1) is 19.3. The van der Waals surface area contributed by atoms with E-state index in [1.54, 1.807) is 17.8 Å². The Morgan fingerprint density at radius 2 is 1.97 bits per heavy atom. The Kier molecular flexibility index (Phi) is 4.67. The Balaban J connectivity index is 1.93. The second-order valence-electron chi connectivity index (χ2n) is 7.26. The number of fused-ring (bicyclic) bond motifs is 3. The third-order valence-corrected chi connectivity index (χ3v) is 6.35. The highest BCUT2D eigenvalue weighted by atomic mass is 32.1. The van der Waals surface area contributed by atoms with Gasteiger partial charge < -0.3 is 14.4 Å². The highest BCUT2D eigenvalue weighted by molar-refractivity contribution is 7.16. The van der Waals surface area contributed by atoms with Crippen molar-refractivity contribution in [2.45, 2.75) is 13.5 Å². The molecule has 0 unspecified atom stereocenters. The van der Waals surface area contributed by atoms with Gasteiger partial charge in [0.2, 0.25) is 5.88 Å². The van der Waals surface area contributed by atoms with Crippen LogP contribution in [0.4, 0.5) is 0 Å². The molecule has 7 heteroatoms. The lowest BCUT2D eigenvalue weighted by molar-refractivity contribution is 0.0687. The van der Waals surface area contributed by atoms with E-state index in [1.165, 1.54) is 18.4 Å². The van der Waals surface area contributed by atoms with Crippen LogP contribution in [0.2, 0.25) is 0 Å². The van der Waals surface area contributed by atoms with Crippen LogP contribution in [-0.4, -0.2) is 32.7 Å². The maximum Gasteiger partial charge on any atom is 0.353 e. The summed E-state index contributed by atoms with van der Waals surface area (Å²) in [5, 5.41) is 11.1. The number of nitrogens with zero attached hydrogens (tertiary/aromatic N) is 3. The van der Waals surface area contributed by atoms with E-state index in [0.717, 1.165) is 32.2 Å². The molecule has 5 aromatic rings. The molecule has 1 N–H and O–H groups in total. The smallest absolute Gasteiger partial charge is 0.353 e. The molecule has 0 saturated heterocycles. The number of aromatic carboxylic acids is 1. The minimum absolute atomic E-state index is 0.199. The third kappa shape index (κ3) is 3.05. The van der Waals surface area contributed by atoms with Crippen molar-refractivity contribution in [1.29, 1.82) is 0 Å². The summed E-state index contributed by atoms with van der Waals surface area (Å²) in [5.41, 5.74) is 6.97. The molecular formula is C24H19N3O3S. The van der Waals surface area contributed by atoms with Gasteiger partial charge in [0.25, 0.3) is 0 Å². The fourth-order valence-electron chi connectivity index (χ4n) is 4.12. The van der Waals surface area contributed by atoms with Gasteiger partial charge in [0.15, 0.2) is 0 Å². The predicted molar refractivity (Wildman–Crippen MR) is 122 cm³/mol. The molecule has 0 fully saturated rings. The molecule has 0 bridgehead atoms. The maximum atomic E-state index is 12.6. The Bertz CT molecular complexity index is 1450. The van der Waals surface area contributed by atoms with Crippen LogP contribution in [0.5, 0.6) is 5.88 Å². The van der Waals surface area contributed by atoms with Crippen LogP contribution in [-0.2, 0) is 6.54 Å². The quantitative estimate of drug-likeness (QED) is 0.406. The zero-order valence-electron chi connectivity index (χ0n) is 17.0. The SMILES string of the molecule is COc1ncccc1-c1c(C(=O)O)n(Cc2ccccc2C)c2ccc3scnc3c12. The van der Waals surface area contributed by atoms with Crippen LogP contribution in [0.1, 0.15) is 21.6 Å². The molecule has 0 spiro atoms. The van der Waals surface area contributed by atoms with E-state index in [1.807, 2.05) is 54.0 Å². The summed E-state index contributed by atoms with van der Waals surface area (Å²) in [6.07, 6.45) is 1.63. The van der Waals surface area contributed by atoms with Crippen LogP contribution in [0, 0.1) is 6.92 Å². The van der Waals surface area contributed by atoms with E-state index in [-0.39, 0.29) is 5.69 Å². The molecule has 3 heterocycles. The fraction of sp³-hybridized carbons (Fsp3) is 0.125. The van der Waals surface area contributed by atoms with Crippen molar-refractivity contribution in [2.24, 2.45) is 0 Å². The molecule has 0 atom stereocenters. The van der Waals surface area contributed by atoms with Gasteiger partial charge in [-0.25, -0.2) is 14.8 Å². The van der Waals surface area contributed by atoms with Crippen molar-refractivity contribution < 1.29 is 14.6 Å². The Morgan fingerprint density at radius 3 is 2.74 bits per heavy atom. The van der Waals surface area contributed by atoms with Gasteiger partial charge in [-0.3, -0.25) is 0 Å². The highest BCUT2D eigenvalue weighted by Gasteiger charge is 2.28. The Hall–Kier alpha value is -3.71. The number of carboxylic acids is 1. The van der Waals surface area contributed by atoms with E-state index in [2.05, 4.69) is 9.97 Å². The molecule has 6 nitrogen and oxygen atoms in total. The predicted octanol–water partition coefficient (Wildman–Crippen LogP) is 5.38. The zero-order valence-corrected chi connectivity index (χ0v) is 17.8. The third-order valence-electron chi connectivity index (χ3n) is 5.55. The lowest BCUT2D eigenvalue weighted by Gasteiger charge is -2.12. The number of rotatable bonds is 5. The summed E-state index contributed by atoms with van der Waals surface area (Å²) < 4.78 is 8.36. The zero-order chi connectivity index (χ0) is 21.5. The van der Waals surface area contributed by atoms with E-state index in [0.29, 0.717) is 23.6 Å². The first-order valence-electron chi connectivity index (χ1n) is 9.75. The van der Waals surface area contributed by atoms with Crippen LogP contribution in [0.25, 0.3) is 32.2 Å². The standard InChI is InChI=1S/C24H19N3O3S/c1-14-6-3-4-7-15(14)12-27-17-9-10-18-21(26-13-31-18)20(17)19(22(27)24(28)29)16-8-5-11-25-23(16)30-2/h3-11,13H,12H2,1-2H3,(H,28,29). The van der Waals surface area contributed by atoms with Gasteiger partial charge in [0, 0.05) is 29.3 Å². The molecule has 0 radical (unpaired) electrons. The largest absolute Gasteiger partial charge is 0.481 e. The highest BCUT2D eigenvalue weighted by Crippen LogP contribution is 2.42. The average Bonchev–Trinajstić information content (AvgIpc) is 3.37. The number of carbonyl (C=O) groups is 1. The number of pyridine rings is 1. The number of hydrogen-bond acceptors (Lipinski definition) is 5. The molecule has 0 aliphatic carbocycles. The minimum Gasteiger partial charge on any atom is -0.481 e. The van der Waals surface area contributed by atoms with Gasteiger partial charge in [-0.1, -0.05) is 24.3 Å². The second-order valence-corrected chi connectivity index (χ2v) is 8.15. The van der Waals surface area contributed by atoms with Crippen molar-refractivity contribution in [3.8, 4) is 17.0 Å². The Morgan fingerprint density at radius 1 is 1.13 bits per heavy atom. The number of carboxylic acid groups (broad SMARTS) is 1. The maximum absolute atomic E-state index is 12.6. The van der Waals surface area contributed by atoms with Crippen molar-refractivity contribution >= 4 is 38.4 Å². The molecule has 154 valence electrons. The normalized spacial score (nSPS) is 11.3. The van der Waals surface area contributed by atoms with Crippen molar-refractivity contribution in [1.82, 2.24) is 14.5 Å². The number of thiazole rings is 1. The number of aromatic nitrogens is 3. The van der Waals surface area contributed by atoms with Crippen molar-refractivity contribution in [2.75, 3.05) is 7.11 Å². The summed E-state index contributed by atoms with van der Waals surface area (Å²) in [6.45, 7) is 2.47. The van der Waals surface area contributed by atoms with Crippen molar-refractivity contribution in [3.05, 3.63) is 77.1 Å². The van der Waals surface area contributed by atoms with Crippen LogP contribution >= 0.6 is 11.3 Å². The summed E-state index contributed by atoms with van der Waals surface area (Å²) in [6, 6.07) is 15.6. The van der Waals surface area contributed by atoms with Gasteiger partial charge in [0.1, 0.15) is 5.69 Å². The molecule has 0 amide bonds. The Labute approximate surface area is 182 Å². The van der Waals surface area contributed by atoms with E-state index < -0.39 is 5.97 Å². The molecule has 5 rings (SSSR count). The monoisotopic (exact) mass is 429 g/mol. The lowest BCUT2D eigenvalue weighted by Crippen LogP contribution is -2.11. The number of benzene rings is 2. The van der Waals surface area contributed by atoms with E-state index >= 15 is 0 Å². The van der Waals surface area contributed by atoms with Crippen LogP contribution in [0.15, 0.2) is 60.2 Å². The van der Waals surface area contributed by atoms with E-state index in [9.17, 15) is 9.90 Å². The summed E-state index contributed by atoms with van der Waals surface area (Å²) in [4.78, 5) is 21.5. The molecule has 31 heavy (non-hydrogen) atoms. The van der Waals surface area contributed by atoms with Gasteiger partial charge >= 0.3 is 5.97 Å². The second kappa shape index (κ2) is 7.52. The molecule has 3 aromatic heterocycles. The van der Waals surface area contributed by atoms with Crippen LogP contribution in [0.3, 0.4) is 0 Å². The fourth-order valence-corrected chi connectivity index (χ4v) is 4.80. The lowest BCUT2D eigenvalue weighted by atomic mass is 10.0. The number of aryl methyl sites for hydroxylation is 1. The molecule has 0 aliphatic rings.